The van der Waals surface area contributed by atoms with Crippen LogP contribution in [0.2, 0.25) is 0 Å². The van der Waals surface area contributed by atoms with Gasteiger partial charge in [0, 0.05) is 10.7 Å². The van der Waals surface area contributed by atoms with Gasteiger partial charge >= 0.3 is 0 Å². The van der Waals surface area contributed by atoms with Gasteiger partial charge in [0.1, 0.15) is 0 Å². The smallest absolute Gasteiger partial charge is 0.211 e. The molecule has 1 aliphatic heterocycles. The summed E-state index contributed by atoms with van der Waals surface area (Å²) in [5.74, 6) is 2.01. The Morgan fingerprint density at radius 3 is 2.25 bits per heavy atom. The molecule has 0 N–H and O–H groups in total. The minimum atomic E-state index is -3.57. The van der Waals surface area contributed by atoms with Gasteiger partial charge in [-0.3, -0.25) is 0 Å². The molecule has 0 bridgehead atoms. The number of alkyl halides is 1. The molecule has 1 heterocycles. The van der Waals surface area contributed by atoms with Crippen LogP contribution in [0, 0.1) is 5.92 Å². The van der Waals surface area contributed by atoms with Gasteiger partial charge in [0.2, 0.25) is 9.05 Å². The van der Waals surface area contributed by atoms with Gasteiger partial charge in [-0.2, -0.15) is 11.8 Å². The minimum absolute atomic E-state index is 0.0374. The zero-order valence-electron chi connectivity index (χ0n) is 6.37. The van der Waals surface area contributed by atoms with Crippen molar-refractivity contribution in [2.75, 3.05) is 11.5 Å². The van der Waals surface area contributed by atoms with Crippen molar-refractivity contribution in [2.45, 2.75) is 17.6 Å². The quantitative estimate of drug-likeness (QED) is 0.556. The summed E-state index contributed by atoms with van der Waals surface area (Å²) in [5, 5.41) is 0. The molecule has 1 atom stereocenters. The summed E-state index contributed by atoms with van der Waals surface area (Å²) in [5.41, 5.74) is 0. The second-order valence-corrected chi connectivity index (χ2v) is 7.48. The Labute approximate surface area is 86.4 Å². The van der Waals surface area contributed by atoms with E-state index < -0.39 is 13.8 Å². The predicted molar refractivity (Wildman–Crippen MR) is 54.5 cm³/mol. The normalized spacial score (nSPS) is 23.8. The second kappa shape index (κ2) is 4.40. The minimum Gasteiger partial charge on any atom is -0.211 e. The highest BCUT2D eigenvalue weighted by Gasteiger charge is 2.30. The summed E-state index contributed by atoms with van der Waals surface area (Å²) in [7, 11) is 1.58. The van der Waals surface area contributed by atoms with Crippen LogP contribution in [-0.2, 0) is 9.05 Å². The largest absolute Gasteiger partial charge is 0.249 e. The lowest BCUT2D eigenvalue weighted by Gasteiger charge is -2.23. The van der Waals surface area contributed by atoms with Crippen molar-refractivity contribution in [3.63, 3.8) is 0 Å². The van der Waals surface area contributed by atoms with Gasteiger partial charge in [0.15, 0.2) is 4.71 Å². The average molecular weight is 249 g/mol. The fraction of sp³-hybridized carbons (Fsp3) is 1.00. The Morgan fingerprint density at radius 1 is 1.33 bits per heavy atom. The Balaban J connectivity index is 2.57. The molecule has 12 heavy (non-hydrogen) atoms. The summed E-state index contributed by atoms with van der Waals surface area (Å²) in [6.07, 6.45) is 1.70. The molecule has 1 fully saturated rings. The highest BCUT2D eigenvalue weighted by Crippen LogP contribution is 2.32. The van der Waals surface area contributed by atoms with E-state index in [0.29, 0.717) is 0 Å². The van der Waals surface area contributed by atoms with Gasteiger partial charge in [0.05, 0.1) is 0 Å². The molecule has 6 heteroatoms. The van der Waals surface area contributed by atoms with Crippen LogP contribution < -0.4 is 0 Å². The lowest BCUT2D eigenvalue weighted by atomic mass is 10.1. The van der Waals surface area contributed by atoms with Crippen molar-refractivity contribution < 1.29 is 8.42 Å². The number of hydrogen-bond acceptors (Lipinski definition) is 3. The van der Waals surface area contributed by atoms with Crippen LogP contribution in [0.5, 0.6) is 0 Å². The maximum atomic E-state index is 10.9. The Hall–Kier alpha value is 0.880. The van der Waals surface area contributed by atoms with Crippen LogP contribution in [0.25, 0.3) is 0 Å². The monoisotopic (exact) mass is 248 g/mol. The zero-order chi connectivity index (χ0) is 9.19. The molecule has 2 nitrogen and oxygen atoms in total. The second-order valence-electron chi connectivity index (χ2n) is 2.78. The Bertz CT molecular complexity index is 234. The summed E-state index contributed by atoms with van der Waals surface area (Å²) in [6, 6.07) is 0. The van der Waals surface area contributed by atoms with E-state index in [9.17, 15) is 8.42 Å². The molecule has 0 saturated carbocycles. The molecule has 1 rings (SSSR count). The van der Waals surface area contributed by atoms with E-state index in [4.69, 9.17) is 22.3 Å². The Morgan fingerprint density at radius 2 is 1.83 bits per heavy atom. The fourth-order valence-electron chi connectivity index (χ4n) is 1.21. The van der Waals surface area contributed by atoms with Crippen LogP contribution in [0.4, 0.5) is 0 Å². The van der Waals surface area contributed by atoms with Crippen LogP contribution in [0.15, 0.2) is 0 Å². The molecule has 0 aromatic carbocycles. The standard InChI is InChI=1S/C6H10Cl2O2S2/c7-6(12(8,9)10)5-1-3-11-4-2-5/h5-6H,1-4H2. The van der Waals surface area contributed by atoms with E-state index in [1.54, 1.807) is 0 Å². The van der Waals surface area contributed by atoms with Gasteiger partial charge in [-0.15, -0.1) is 11.6 Å². The molecule has 1 aliphatic rings. The highest BCUT2D eigenvalue weighted by atomic mass is 35.7. The van der Waals surface area contributed by atoms with Crippen molar-refractivity contribution in [1.29, 1.82) is 0 Å². The lowest BCUT2D eigenvalue weighted by Crippen LogP contribution is -2.24. The first-order valence-electron chi connectivity index (χ1n) is 3.67. The van der Waals surface area contributed by atoms with Gasteiger partial charge in [-0.25, -0.2) is 8.42 Å². The predicted octanol–water partition coefficient (Wildman–Crippen LogP) is 2.26. The molecule has 1 unspecified atom stereocenters. The third-order valence-corrected chi connectivity index (χ3v) is 5.79. The number of rotatable bonds is 2. The molecule has 0 amide bonds. The first-order chi connectivity index (χ1) is 5.52. The third-order valence-electron chi connectivity index (χ3n) is 1.91. The molecule has 1 saturated heterocycles. The van der Waals surface area contributed by atoms with Crippen molar-refractivity contribution in [3.8, 4) is 0 Å². The van der Waals surface area contributed by atoms with Crippen LogP contribution >= 0.6 is 34.0 Å². The fourth-order valence-corrected chi connectivity index (χ4v) is 3.77. The summed E-state index contributed by atoms with van der Waals surface area (Å²) < 4.78 is 20.8. The van der Waals surface area contributed by atoms with E-state index in [-0.39, 0.29) is 5.92 Å². The van der Waals surface area contributed by atoms with Gasteiger partial charge in [-0.1, -0.05) is 0 Å². The van der Waals surface area contributed by atoms with Crippen molar-refractivity contribution in [2.24, 2.45) is 5.92 Å². The average Bonchev–Trinajstić information content (AvgIpc) is 2.03. The first-order valence-corrected chi connectivity index (χ1v) is 7.63. The molecule has 0 aliphatic carbocycles. The van der Waals surface area contributed by atoms with Crippen LogP contribution in [0.3, 0.4) is 0 Å². The van der Waals surface area contributed by atoms with Crippen molar-refractivity contribution >= 4 is 43.1 Å². The van der Waals surface area contributed by atoms with E-state index in [2.05, 4.69) is 0 Å². The molecule has 0 aromatic rings. The molecular weight excluding hydrogens is 239 g/mol. The van der Waals surface area contributed by atoms with Crippen molar-refractivity contribution in [3.05, 3.63) is 0 Å². The van der Waals surface area contributed by atoms with E-state index in [1.807, 2.05) is 11.8 Å². The molecule has 72 valence electrons. The Kier molecular flexibility index (Phi) is 4.02. The first kappa shape index (κ1) is 11.0. The number of hydrogen-bond donors (Lipinski definition) is 0. The highest BCUT2D eigenvalue weighted by molar-refractivity contribution is 8.15. The van der Waals surface area contributed by atoms with Gasteiger partial charge < -0.3 is 0 Å². The lowest BCUT2D eigenvalue weighted by molar-refractivity contribution is 0.506. The molecular formula is C6H10Cl2O2S2. The van der Waals surface area contributed by atoms with Crippen LogP contribution in [0.1, 0.15) is 12.8 Å². The molecule has 0 aromatic heterocycles. The summed E-state index contributed by atoms with van der Waals surface area (Å²) >= 11 is 7.54. The molecule has 0 radical (unpaired) electrons. The summed E-state index contributed by atoms with van der Waals surface area (Å²) in [4.78, 5) is 0. The zero-order valence-corrected chi connectivity index (χ0v) is 9.52. The topological polar surface area (TPSA) is 34.1 Å². The number of thioether (sulfide) groups is 1. The molecule has 0 spiro atoms. The number of halogens is 2. The summed E-state index contributed by atoms with van der Waals surface area (Å²) in [6.45, 7) is 0. The third kappa shape index (κ3) is 2.98. The van der Waals surface area contributed by atoms with Crippen molar-refractivity contribution in [1.82, 2.24) is 0 Å². The van der Waals surface area contributed by atoms with E-state index in [1.165, 1.54) is 0 Å². The van der Waals surface area contributed by atoms with E-state index in [0.717, 1.165) is 24.3 Å². The van der Waals surface area contributed by atoms with Crippen LogP contribution in [-0.4, -0.2) is 24.6 Å². The van der Waals surface area contributed by atoms with Gasteiger partial charge in [0.25, 0.3) is 0 Å². The maximum Gasteiger partial charge on any atom is 0.249 e. The van der Waals surface area contributed by atoms with Gasteiger partial charge in [-0.05, 0) is 30.3 Å². The maximum absolute atomic E-state index is 10.9. The van der Waals surface area contributed by atoms with E-state index >= 15 is 0 Å². The SMILES string of the molecule is O=S(=O)(Cl)C(Cl)C1CCSCC1.